The second-order valence-electron chi connectivity index (χ2n) is 4.93. The SMILES string of the molecule is CCOC(=O)c1[se]c(CS)c2c(Nc3ccc(F)c(Cl)c3)ncnc12. The first kappa shape index (κ1) is 18.2. The van der Waals surface area contributed by atoms with Crippen LogP contribution >= 0.6 is 24.2 Å². The van der Waals surface area contributed by atoms with Gasteiger partial charge in [-0.2, -0.15) is 0 Å². The minimum atomic E-state index is -0.496. The van der Waals surface area contributed by atoms with E-state index in [1.807, 2.05) is 0 Å². The van der Waals surface area contributed by atoms with E-state index in [9.17, 15) is 9.18 Å². The van der Waals surface area contributed by atoms with Crippen LogP contribution < -0.4 is 5.32 Å². The number of aromatic nitrogens is 2. The van der Waals surface area contributed by atoms with Gasteiger partial charge in [-0.05, 0) is 0 Å². The summed E-state index contributed by atoms with van der Waals surface area (Å²) in [6.45, 7) is 2.06. The van der Waals surface area contributed by atoms with Crippen LogP contribution in [0.2, 0.25) is 5.02 Å². The van der Waals surface area contributed by atoms with Gasteiger partial charge in [0.1, 0.15) is 0 Å². The molecule has 9 heteroatoms. The zero-order chi connectivity index (χ0) is 18.0. The molecule has 0 amide bonds. The first-order chi connectivity index (χ1) is 12.0. The molecule has 3 aromatic rings. The Morgan fingerprint density at radius 3 is 2.92 bits per heavy atom. The molecule has 0 fully saturated rings. The van der Waals surface area contributed by atoms with E-state index in [-0.39, 0.29) is 25.5 Å². The van der Waals surface area contributed by atoms with E-state index in [1.54, 1.807) is 13.0 Å². The van der Waals surface area contributed by atoms with Crippen LogP contribution in [0.15, 0.2) is 24.5 Å². The Bertz CT molecular complexity index is 951. The molecule has 0 aliphatic rings. The summed E-state index contributed by atoms with van der Waals surface area (Å²) < 4.78 is 20.0. The summed E-state index contributed by atoms with van der Waals surface area (Å²) >= 11 is 9.96. The Labute approximate surface area is 159 Å². The number of anilines is 2. The van der Waals surface area contributed by atoms with Gasteiger partial charge in [-0.25, -0.2) is 0 Å². The topological polar surface area (TPSA) is 64.1 Å². The number of hydrogen-bond acceptors (Lipinski definition) is 6. The van der Waals surface area contributed by atoms with Gasteiger partial charge >= 0.3 is 160 Å². The molecule has 25 heavy (non-hydrogen) atoms. The number of hydrogen-bond donors (Lipinski definition) is 2. The predicted molar refractivity (Wildman–Crippen MR) is 99.8 cm³/mol. The molecular weight excluding hydrogens is 432 g/mol. The van der Waals surface area contributed by atoms with Gasteiger partial charge in [-0.15, -0.1) is 0 Å². The third-order valence-corrected chi connectivity index (χ3v) is 6.87. The van der Waals surface area contributed by atoms with Crippen molar-refractivity contribution in [1.82, 2.24) is 9.97 Å². The van der Waals surface area contributed by atoms with Crippen molar-refractivity contribution in [2.45, 2.75) is 12.7 Å². The third-order valence-electron chi connectivity index (χ3n) is 3.35. The Morgan fingerprint density at radius 1 is 1.44 bits per heavy atom. The first-order valence-corrected chi connectivity index (χ1v) is 10.0. The van der Waals surface area contributed by atoms with Crippen molar-refractivity contribution in [3.63, 3.8) is 0 Å². The van der Waals surface area contributed by atoms with E-state index in [4.69, 9.17) is 16.3 Å². The van der Waals surface area contributed by atoms with Crippen LogP contribution in [0, 0.1) is 5.82 Å². The molecule has 0 aliphatic heterocycles. The second-order valence-corrected chi connectivity index (χ2v) is 7.97. The van der Waals surface area contributed by atoms with E-state index in [2.05, 4.69) is 27.9 Å². The summed E-state index contributed by atoms with van der Waals surface area (Å²) in [5.41, 5.74) is 1.15. The summed E-state index contributed by atoms with van der Waals surface area (Å²) in [5.74, 6) is 0.138. The Balaban J connectivity index is 2.09. The van der Waals surface area contributed by atoms with E-state index in [0.717, 1.165) is 9.82 Å². The van der Waals surface area contributed by atoms with Gasteiger partial charge in [0.05, 0.1) is 0 Å². The molecule has 0 saturated carbocycles. The Hall–Kier alpha value is -1.60. The fraction of sp³-hybridized carbons (Fsp3) is 0.188. The van der Waals surface area contributed by atoms with Crippen molar-refractivity contribution in [1.29, 1.82) is 0 Å². The number of carbonyl (C=O) groups excluding carboxylic acids is 1. The van der Waals surface area contributed by atoms with Crippen molar-refractivity contribution < 1.29 is 13.9 Å². The molecule has 0 atom stereocenters. The summed E-state index contributed by atoms with van der Waals surface area (Å²) in [7, 11) is 0. The number of ether oxygens (including phenoxy) is 1. The molecule has 0 radical (unpaired) electrons. The van der Waals surface area contributed by atoms with Gasteiger partial charge in [0.25, 0.3) is 0 Å². The van der Waals surface area contributed by atoms with E-state index in [1.165, 1.54) is 18.5 Å². The molecule has 3 rings (SSSR count). The number of rotatable bonds is 5. The van der Waals surface area contributed by atoms with E-state index in [0.29, 0.717) is 33.8 Å². The molecule has 0 saturated heterocycles. The minimum absolute atomic E-state index is 0.0112. The molecular formula is C16H13ClFN3O2SSe. The van der Waals surface area contributed by atoms with Crippen LogP contribution in [0.3, 0.4) is 0 Å². The fourth-order valence-electron chi connectivity index (χ4n) is 2.30. The average molecular weight is 445 g/mol. The van der Waals surface area contributed by atoms with Crippen molar-refractivity contribution >= 4 is 67.1 Å². The number of nitrogens with one attached hydrogen (secondary N) is 1. The molecule has 2 aromatic heterocycles. The Kier molecular flexibility index (Phi) is 5.64. The first-order valence-electron chi connectivity index (χ1n) is 7.31. The molecule has 5 nitrogen and oxygen atoms in total. The Morgan fingerprint density at radius 2 is 2.24 bits per heavy atom. The molecule has 0 unspecified atom stereocenters. The average Bonchev–Trinajstić information content (AvgIpc) is 2.98. The maximum atomic E-state index is 13.3. The zero-order valence-corrected chi connectivity index (χ0v) is 16.4. The summed E-state index contributed by atoms with van der Waals surface area (Å²) in [4.78, 5) is 20.7. The number of thiol groups is 1. The number of nitrogens with zero attached hydrogens (tertiary/aromatic N) is 2. The zero-order valence-electron chi connectivity index (χ0n) is 13.0. The molecule has 0 spiro atoms. The van der Waals surface area contributed by atoms with E-state index >= 15 is 0 Å². The quantitative estimate of drug-likeness (QED) is 0.356. The van der Waals surface area contributed by atoms with E-state index < -0.39 is 5.82 Å². The molecule has 1 aromatic carbocycles. The van der Waals surface area contributed by atoms with Crippen LogP contribution in [0.25, 0.3) is 10.9 Å². The van der Waals surface area contributed by atoms with Crippen LogP contribution in [-0.2, 0) is 10.5 Å². The molecule has 130 valence electrons. The van der Waals surface area contributed by atoms with Gasteiger partial charge in [0, 0.05) is 0 Å². The summed E-state index contributed by atoms with van der Waals surface area (Å²) in [5, 5.41) is 3.88. The number of fused-ring (bicyclic) bond motifs is 1. The number of carbonyl (C=O) groups is 1. The van der Waals surface area contributed by atoms with Crippen LogP contribution in [0.1, 0.15) is 20.6 Å². The van der Waals surface area contributed by atoms with Gasteiger partial charge in [0.15, 0.2) is 0 Å². The van der Waals surface area contributed by atoms with Gasteiger partial charge in [0.2, 0.25) is 0 Å². The summed E-state index contributed by atoms with van der Waals surface area (Å²) in [6.07, 6.45) is 1.38. The number of esters is 1. The molecule has 2 heterocycles. The van der Waals surface area contributed by atoms with Crippen molar-refractivity contribution in [2.24, 2.45) is 0 Å². The molecule has 0 aliphatic carbocycles. The van der Waals surface area contributed by atoms with Gasteiger partial charge in [-0.3, -0.25) is 0 Å². The molecule has 0 bridgehead atoms. The standard InChI is InChI=1S/C16H13ClFN3O2SSe/c1-2-23-16(22)14-13-12(11(6-24)25-14)15(20-7-19-13)21-8-3-4-10(18)9(17)5-8/h3-5,7,24H,2,6H2,1H3,(H,19,20,21). The monoisotopic (exact) mass is 445 g/mol. The second kappa shape index (κ2) is 7.74. The maximum absolute atomic E-state index is 13.3. The third kappa shape index (κ3) is 3.67. The van der Waals surface area contributed by atoms with Crippen molar-refractivity contribution in [3.8, 4) is 0 Å². The van der Waals surface area contributed by atoms with Crippen LogP contribution in [0.5, 0.6) is 0 Å². The van der Waals surface area contributed by atoms with Crippen LogP contribution in [0.4, 0.5) is 15.9 Å². The fourth-order valence-corrected chi connectivity index (χ4v) is 5.07. The molecule has 1 N–H and O–H groups in total. The van der Waals surface area contributed by atoms with Gasteiger partial charge in [-0.1, -0.05) is 0 Å². The van der Waals surface area contributed by atoms with Crippen LogP contribution in [-0.4, -0.2) is 37.0 Å². The van der Waals surface area contributed by atoms with Crippen molar-refractivity contribution in [2.75, 3.05) is 11.9 Å². The predicted octanol–water partition coefficient (Wildman–Crippen LogP) is 3.83. The summed E-state index contributed by atoms with van der Waals surface area (Å²) in [6, 6.07) is 4.31. The normalized spacial score (nSPS) is 10.9. The van der Waals surface area contributed by atoms with Crippen molar-refractivity contribution in [3.05, 3.63) is 44.2 Å². The van der Waals surface area contributed by atoms with Gasteiger partial charge < -0.3 is 0 Å². The number of halogens is 2. The number of benzene rings is 1.